The summed E-state index contributed by atoms with van der Waals surface area (Å²) in [5.74, 6) is -0.205. The maximum absolute atomic E-state index is 11.7. The van der Waals surface area contributed by atoms with Gasteiger partial charge in [-0.15, -0.1) is 6.54 Å². The molecule has 1 atom stereocenters. The second-order valence-electron chi connectivity index (χ2n) is 4.07. The van der Waals surface area contributed by atoms with Crippen LogP contribution in [0.15, 0.2) is 30.3 Å². The van der Waals surface area contributed by atoms with Crippen LogP contribution in [-0.4, -0.2) is 30.8 Å². The predicted molar refractivity (Wildman–Crippen MR) is 65.0 cm³/mol. The summed E-state index contributed by atoms with van der Waals surface area (Å²) < 4.78 is 0. The number of ketones is 1. The molecule has 1 fully saturated rings. The Balaban J connectivity index is 0.00000162. The molecule has 4 nitrogen and oxygen atoms in total. The normalized spacial score (nSPS) is 17.9. The Kier molecular flexibility index (Phi) is 6.20. The van der Waals surface area contributed by atoms with E-state index in [4.69, 9.17) is 0 Å². The number of hydrogen-bond donors (Lipinski definition) is 1. The van der Waals surface area contributed by atoms with Crippen LogP contribution in [0.1, 0.15) is 23.2 Å². The van der Waals surface area contributed by atoms with Crippen molar-refractivity contribution in [1.82, 2.24) is 5.32 Å². The van der Waals surface area contributed by atoms with E-state index >= 15 is 0 Å². The Morgan fingerprint density at radius 2 is 2.00 bits per heavy atom. The fourth-order valence-electron chi connectivity index (χ4n) is 1.85. The van der Waals surface area contributed by atoms with Gasteiger partial charge >= 0.3 is 0 Å². The van der Waals surface area contributed by atoms with E-state index in [2.05, 4.69) is 10.6 Å². The average molecular weight is 417 g/mol. The standard InChI is InChI=1S/C13H15N2O2.Re/c16-12(10-5-2-1-3-6-10)9-15-13(17)11-7-4-8-14-11;/h1-3,5-6,11H,4,7-9H2,(H,15,17);/q-1;. The zero-order chi connectivity index (χ0) is 12.1. The van der Waals surface area contributed by atoms with Crippen molar-refractivity contribution in [1.29, 1.82) is 0 Å². The number of benzene rings is 1. The molecular formula is C13H15N2O2Re-. The van der Waals surface area contributed by atoms with Crippen LogP contribution >= 0.6 is 0 Å². The van der Waals surface area contributed by atoms with Crippen LogP contribution in [0.3, 0.4) is 0 Å². The third-order valence-electron chi connectivity index (χ3n) is 2.81. The van der Waals surface area contributed by atoms with Crippen LogP contribution < -0.4 is 5.32 Å². The van der Waals surface area contributed by atoms with Crippen molar-refractivity contribution < 1.29 is 30.0 Å². The summed E-state index contributed by atoms with van der Waals surface area (Å²) in [6, 6.07) is 8.71. The molecule has 1 aliphatic heterocycles. The minimum Gasteiger partial charge on any atom is -0.652 e. The Hall–Kier alpha value is -1.02. The molecule has 97 valence electrons. The number of amides is 1. The molecule has 1 heterocycles. The molecule has 0 aliphatic carbocycles. The zero-order valence-electron chi connectivity index (χ0n) is 9.93. The van der Waals surface area contributed by atoms with Gasteiger partial charge < -0.3 is 10.6 Å². The Morgan fingerprint density at radius 3 is 2.61 bits per heavy atom. The maximum Gasteiger partial charge on any atom is 0.202 e. The molecule has 1 aromatic carbocycles. The molecule has 1 N–H and O–H groups in total. The average Bonchev–Trinajstić information content (AvgIpc) is 2.90. The number of hydrogen-bond acceptors (Lipinski definition) is 2. The van der Waals surface area contributed by atoms with E-state index < -0.39 is 0 Å². The first-order valence-electron chi connectivity index (χ1n) is 5.80. The third kappa shape index (κ3) is 4.02. The van der Waals surface area contributed by atoms with Crippen molar-refractivity contribution in [3.63, 3.8) is 0 Å². The van der Waals surface area contributed by atoms with Gasteiger partial charge in [0.2, 0.25) is 5.91 Å². The number of nitrogens with one attached hydrogen (secondary N) is 1. The maximum atomic E-state index is 11.7. The van der Waals surface area contributed by atoms with E-state index in [-0.39, 0.29) is 44.7 Å². The van der Waals surface area contributed by atoms with Crippen molar-refractivity contribution in [3.05, 3.63) is 41.2 Å². The summed E-state index contributed by atoms with van der Waals surface area (Å²) in [6.07, 6.45) is 1.76. The van der Waals surface area contributed by atoms with Crippen LogP contribution in [0.4, 0.5) is 0 Å². The van der Waals surface area contributed by atoms with Gasteiger partial charge in [-0.05, 0) is 0 Å². The van der Waals surface area contributed by atoms with Crippen LogP contribution in [-0.2, 0) is 25.2 Å². The quantitative estimate of drug-likeness (QED) is 0.756. The fourth-order valence-corrected chi connectivity index (χ4v) is 1.85. The molecule has 0 aromatic heterocycles. The summed E-state index contributed by atoms with van der Waals surface area (Å²) in [4.78, 5) is 23.3. The van der Waals surface area contributed by atoms with Gasteiger partial charge in [-0.3, -0.25) is 9.59 Å². The SMILES string of the molecule is O=C(CNC(=O)C1CCC[N-]1)c1ccccc1.[Re]. The summed E-state index contributed by atoms with van der Waals surface area (Å²) >= 11 is 0. The molecule has 1 saturated heterocycles. The number of Topliss-reactive ketones (excluding diaryl/α,β-unsaturated/α-hetero) is 1. The molecular weight excluding hydrogens is 402 g/mol. The zero-order valence-corrected chi connectivity index (χ0v) is 12.7. The second kappa shape index (κ2) is 7.42. The monoisotopic (exact) mass is 418 g/mol. The number of carbonyl (C=O) groups is 2. The molecule has 18 heavy (non-hydrogen) atoms. The Morgan fingerprint density at radius 1 is 1.28 bits per heavy atom. The molecule has 0 saturated carbocycles. The molecule has 1 aromatic rings. The summed E-state index contributed by atoms with van der Waals surface area (Å²) in [6.45, 7) is 0.805. The minimum atomic E-state index is -0.251. The van der Waals surface area contributed by atoms with E-state index in [1.165, 1.54) is 0 Å². The minimum absolute atomic E-state index is 0. The van der Waals surface area contributed by atoms with Gasteiger partial charge in [0.15, 0.2) is 5.78 Å². The molecule has 0 spiro atoms. The number of nitrogens with zero attached hydrogens (tertiary/aromatic N) is 1. The summed E-state index contributed by atoms with van der Waals surface area (Å²) in [5, 5.41) is 6.80. The summed E-state index contributed by atoms with van der Waals surface area (Å²) in [7, 11) is 0. The first-order valence-corrected chi connectivity index (χ1v) is 5.80. The van der Waals surface area contributed by atoms with Crippen molar-refractivity contribution in [2.45, 2.75) is 18.9 Å². The van der Waals surface area contributed by atoms with E-state index in [1.807, 2.05) is 6.07 Å². The Labute approximate surface area is 120 Å². The van der Waals surface area contributed by atoms with Gasteiger partial charge in [0.25, 0.3) is 0 Å². The van der Waals surface area contributed by atoms with Crippen LogP contribution in [0.5, 0.6) is 0 Å². The van der Waals surface area contributed by atoms with Crippen LogP contribution in [0, 0.1) is 0 Å². The van der Waals surface area contributed by atoms with E-state index in [1.54, 1.807) is 24.3 Å². The van der Waals surface area contributed by atoms with Crippen molar-refractivity contribution >= 4 is 11.7 Å². The van der Waals surface area contributed by atoms with Gasteiger partial charge in [0, 0.05) is 26.0 Å². The Bertz CT molecular complexity index is 403. The number of rotatable bonds is 4. The second-order valence-corrected chi connectivity index (χ2v) is 4.07. The first-order chi connectivity index (χ1) is 8.27. The molecule has 2 rings (SSSR count). The van der Waals surface area contributed by atoms with Gasteiger partial charge in [0.05, 0.1) is 6.54 Å². The van der Waals surface area contributed by atoms with Gasteiger partial charge in [0.1, 0.15) is 0 Å². The molecule has 1 aliphatic rings. The first kappa shape index (κ1) is 15.0. The van der Waals surface area contributed by atoms with Gasteiger partial charge in [-0.2, -0.15) is 0 Å². The topological polar surface area (TPSA) is 60.3 Å². The largest absolute Gasteiger partial charge is 0.652 e. The summed E-state index contributed by atoms with van der Waals surface area (Å²) in [5.41, 5.74) is 0.621. The smallest absolute Gasteiger partial charge is 0.202 e. The number of carbonyl (C=O) groups excluding carboxylic acids is 2. The van der Waals surface area contributed by atoms with Gasteiger partial charge in [-0.1, -0.05) is 49.2 Å². The molecule has 5 heteroatoms. The van der Waals surface area contributed by atoms with Crippen LogP contribution in [0.2, 0.25) is 0 Å². The third-order valence-corrected chi connectivity index (χ3v) is 2.81. The molecule has 0 bridgehead atoms. The predicted octanol–water partition coefficient (Wildman–Crippen LogP) is 1.52. The van der Waals surface area contributed by atoms with E-state index in [0.717, 1.165) is 19.4 Å². The van der Waals surface area contributed by atoms with Crippen molar-refractivity contribution in [3.8, 4) is 0 Å². The molecule has 1 amide bonds. The van der Waals surface area contributed by atoms with Crippen LogP contribution in [0.25, 0.3) is 5.32 Å². The molecule has 1 radical (unpaired) electrons. The molecule has 1 unspecified atom stereocenters. The van der Waals surface area contributed by atoms with E-state index in [0.29, 0.717) is 5.56 Å². The van der Waals surface area contributed by atoms with Crippen molar-refractivity contribution in [2.75, 3.05) is 13.1 Å². The van der Waals surface area contributed by atoms with E-state index in [9.17, 15) is 9.59 Å². The van der Waals surface area contributed by atoms with Crippen molar-refractivity contribution in [2.24, 2.45) is 0 Å². The fraction of sp³-hybridized carbons (Fsp3) is 0.385. The van der Waals surface area contributed by atoms with Gasteiger partial charge in [-0.25, -0.2) is 0 Å².